The number of hydrogen-bond donors (Lipinski definition) is 0. The Morgan fingerprint density at radius 1 is 1.25 bits per heavy atom. The first-order valence-corrected chi connectivity index (χ1v) is 11.3. The molecule has 0 unspecified atom stereocenters. The van der Waals surface area contributed by atoms with Crippen molar-refractivity contribution in [3.8, 4) is 5.75 Å². The van der Waals surface area contributed by atoms with Crippen LogP contribution in [0.2, 0.25) is 18.1 Å². The van der Waals surface area contributed by atoms with Crippen molar-refractivity contribution >= 4 is 20.3 Å². The van der Waals surface area contributed by atoms with Crippen LogP contribution in [0.25, 0.3) is 5.57 Å². The van der Waals surface area contributed by atoms with E-state index in [0.717, 1.165) is 29.7 Å². The Morgan fingerprint density at radius 3 is 2.38 bits per heavy atom. The van der Waals surface area contributed by atoms with Crippen LogP contribution in [0.3, 0.4) is 0 Å². The molecular weight excluding hydrogens is 318 g/mol. The zero-order valence-corrected chi connectivity index (χ0v) is 16.6. The zero-order chi connectivity index (χ0) is 18.0. The molecule has 0 saturated carbocycles. The van der Waals surface area contributed by atoms with E-state index in [0.29, 0.717) is 6.61 Å². The van der Waals surface area contributed by atoms with Gasteiger partial charge in [-0.05, 0) is 47.8 Å². The minimum Gasteiger partial charge on any atom is -0.497 e. The lowest BCUT2D eigenvalue weighted by atomic mass is 10.0. The van der Waals surface area contributed by atoms with Crippen molar-refractivity contribution in [2.75, 3.05) is 13.7 Å². The standard InChI is InChI=1S/C19H29NO3Si/c1-19(2,3)24(5,6)23-13-17-11-16(12-20(17)14-21)15-7-9-18(22-4)10-8-15/h7-10,12,14,17H,11,13H2,1-6H3/t17-/m0/s1. The Hall–Kier alpha value is -1.59. The highest BCUT2D eigenvalue weighted by atomic mass is 28.4. The molecule has 0 aliphatic carbocycles. The van der Waals surface area contributed by atoms with Crippen molar-refractivity contribution in [3.63, 3.8) is 0 Å². The monoisotopic (exact) mass is 347 g/mol. The summed E-state index contributed by atoms with van der Waals surface area (Å²) in [4.78, 5) is 13.2. The summed E-state index contributed by atoms with van der Waals surface area (Å²) in [6, 6.07) is 8.03. The van der Waals surface area contributed by atoms with Gasteiger partial charge in [0.1, 0.15) is 5.75 Å². The van der Waals surface area contributed by atoms with Crippen molar-refractivity contribution in [2.24, 2.45) is 0 Å². The van der Waals surface area contributed by atoms with Crippen LogP contribution in [0, 0.1) is 0 Å². The fraction of sp³-hybridized carbons (Fsp3) is 0.526. The van der Waals surface area contributed by atoms with E-state index < -0.39 is 8.32 Å². The minimum absolute atomic E-state index is 0.0775. The largest absolute Gasteiger partial charge is 0.497 e. The van der Waals surface area contributed by atoms with Gasteiger partial charge in [-0.15, -0.1) is 0 Å². The number of carbonyl (C=O) groups is 1. The Kier molecular flexibility index (Phi) is 5.55. The molecule has 0 bridgehead atoms. The highest BCUT2D eigenvalue weighted by Crippen LogP contribution is 2.37. The number of benzene rings is 1. The minimum atomic E-state index is -1.81. The summed E-state index contributed by atoms with van der Waals surface area (Å²) >= 11 is 0. The highest BCUT2D eigenvalue weighted by molar-refractivity contribution is 6.74. The Labute approximate surface area is 146 Å². The predicted octanol–water partition coefficient (Wildman–Crippen LogP) is 4.29. The number of amides is 1. The molecule has 1 aromatic rings. The lowest BCUT2D eigenvalue weighted by Gasteiger charge is -2.37. The third-order valence-electron chi connectivity index (χ3n) is 5.21. The average molecular weight is 348 g/mol. The summed E-state index contributed by atoms with van der Waals surface area (Å²) < 4.78 is 11.5. The average Bonchev–Trinajstić information content (AvgIpc) is 2.95. The highest BCUT2D eigenvalue weighted by Gasteiger charge is 2.38. The van der Waals surface area contributed by atoms with Crippen LogP contribution in [0.4, 0.5) is 0 Å². The molecule has 132 valence electrons. The van der Waals surface area contributed by atoms with Gasteiger partial charge in [-0.2, -0.15) is 0 Å². The van der Waals surface area contributed by atoms with Crippen LogP contribution < -0.4 is 4.74 Å². The fourth-order valence-electron chi connectivity index (χ4n) is 2.48. The van der Waals surface area contributed by atoms with E-state index >= 15 is 0 Å². The van der Waals surface area contributed by atoms with Crippen LogP contribution in [-0.4, -0.2) is 39.4 Å². The van der Waals surface area contributed by atoms with Crippen molar-refractivity contribution in [3.05, 3.63) is 36.0 Å². The maximum Gasteiger partial charge on any atom is 0.214 e. The molecule has 1 heterocycles. The van der Waals surface area contributed by atoms with Crippen molar-refractivity contribution < 1.29 is 14.0 Å². The molecule has 5 heteroatoms. The molecule has 0 spiro atoms. The summed E-state index contributed by atoms with van der Waals surface area (Å²) in [5, 5.41) is 0.170. The van der Waals surface area contributed by atoms with Gasteiger partial charge < -0.3 is 14.1 Å². The summed E-state index contributed by atoms with van der Waals surface area (Å²) in [7, 11) is -0.152. The molecule has 0 N–H and O–H groups in total. The third-order valence-corrected chi connectivity index (χ3v) is 9.71. The van der Waals surface area contributed by atoms with E-state index in [1.807, 2.05) is 30.5 Å². The Balaban J connectivity index is 2.05. The van der Waals surface area contributed by atoms with E-state index in [1.54, 1.807) is 12.0 Å². The molecule has 1 aliphatic rings. The van der Waals surface area contributed by atoms with Crippen LogP contribution >= 0.6 is 0 Å². The predicted molar refractivity (Wildman–Crippen MR) is 100 cm³/mol. The van der Waals surface area contributed by atoms with E-state index in [-0.39, 0.29) is 11.1 Å². The van der Waals surface area contributed by atoms with E-state index in [9.17, 15) is 4.79 Å². The van der Waals surface area contributed by atoms with Gasteiger partial charge in [-0.3, -0.25) is 4.79 Å². The van der Waals surface area contributed by atoms with Crippen LogP contribution in [-0.2, 0) is 9.22 Å². The zero-order valence-electron chi connectivity index (χ0n) is 15.6. The maximum absolute atomic E-state index is 11.4. The van der Waals surface area contributed by atoms with E-state index in [4.69, 9.17) is 9.16 Å². The van der Waals surface area contributed by atoms with Gasteiger partial charge in [0.2, 0.25) is 6.41 Å². The van der Waals surface area contributed by atoms with Crippen LogP contribution in [0.1, 0.15) is 32.8 Å². The first-order valence-electron chi connectivity index (χ1n) is 8.40. The quantitative estimate of drug-likeness (QED) is 0.569. The summed E-state index contributed by atoms with van der Waals surface area (Å²) in [6.07, 6.45) is 3.66. The van der Waals surface area contributed by atoms with Gasteiger partial charge in [0.15, 0.2) is 8.32 Å². The van der Waals surface area contributed by atoms with Crippen molar-refractivity contribution in [1.82, 2.24) is 4.90 Å². The van der Waals surface area contributed by atoms with Crippen LogP contribution in [0.5, 0.6) is 5.75 Å². The molecule has 1 aliphatic heterocycles. The van der Waals surface area contributed by atoms with Gasteiger partial charge in [0.05, 0.1) is 19.8 Å². The molecule has 1 amide bonds. The number of ether oxygens (including phenoxy) is 1. The Bertz CT molecular complexity index is 602. The molecule has 2 rings (SSSR count). The van der Waals surface area contributed by atoms with Gasteiger partial charge in [0.25, 0.3) is 0 Å². The first-order chi connectivity index (χ1) is 11.2. The van der Waals surface area contributed by atoms with Gasteiger partial charge in [-0.1, -0.05) is 32.9 Å². The fourth-order valence-corrected chi connectivity index (χ4v) is 3.52. The number of hydrogen-bond acceptors (Lipinski definition) is 3. The van der Waals surface area contributed by atoms with Crippen LogP contribution in [0.15, 0.2) is 30.5 Å². The van der Waals surface area contributed by atoms with Crippen molar-refractivity contribution in [1.29, 1.82) is 0 Å². The number of methoxy groups -OCH3 is 1. The maximum atomic E-state index is 11.4. The summed E-state index contributed by atoms with van der Waals surface area (Å²) in [5.74, 6) is 0.836. The van der Waals surface area contributed by atoms with Crippen molar-refractivity contribution in [2.45, 2.75) is 51.4 Å². The second kappa shape index (κ2) is 7.11. The molecule has 0 saturated heterocycles. The SMILES string of the molecule is COc1ccc(C2=CN(C=O)[C@H](CO[Si](C)(C)C(C)(C)C)C2)cc1. The summed E-state index contributed by atoms with van der Waals surface area (Å²) in [6.45, 7) is 11.8. The lowest BCUT2D eigenvalue weighted by molar-refractivity contribution is -0.117. The molecule has 1 atom stereocenters. The number of rotatable bonds is 6. The normalized spacial score (nSPS) is 18.5. The van der Waals surface area contributed by atoms with Gasteiger partial charge in [0, 0.05) is 6.20 Å². The van der Waals surface area contributed by atoms with Gasteiger partial charge in [-0.25, -0.2) is 0 Å². The smallest absolute Gasteiger partial charge is 0.214 e. The second-order valence-electron chi connectivity index (χ2n) is 7.86. The van der Waals surface area contributed by atoms with E-state index in [1.165, 1.54) is 0 Å². The number of carbonyl (C=O) groups excluding carboxylic acids is 1. The lowest BCUT2D eigenvalue weighted by Crippen LogP contribution is -2.44. The molecule has 1 aromatic carbocycles. The molecule has 0 fully saturated rings. The molecule has 0 radical (unpaired) electrons. The second-order valence-corrected chi connectivity index (χ2v) is 12.7. The number of nitrogens with zero attached hydrogens (tertiary/aromatic N) is 1. The molecule has 0 aromatic heterocycles. The molecular formula is C19H29NO3Si. The third kappa shape index (κ3) is 4.08. The Morgan fingerprint density at radius 2 is 1.88 bits per heavy atom. The first kappa shape index (κ1) is 18.7. The molecule has 4 nitrogen and oxygen atoms in total. The van der Waals surface area contributed by atoms with E-state index in [2.05, 4.69) is 33.9 Å². The van der Waals surface area contributed by atoms with Gasteiger partial charge >= 0.3 is 0 Å². The molecule has 24 heavy (non-hydrogen) atoms. The topological polar surface area (TPSA) is 38.8 Å². The summed E-state index contributed by atoms with van der Waals surface area (Å²) in [5.41, 5.74) is 2.28.